The number of amides is 1. The molecule has 1 amide bonds. The van der Waals surface area contributed by atoms with Crippen LogP contribution in [0.5, 0.6) is 0 Å². The summed E-state index contributed by atoms with van der Waals surface area (Å²) in [5, 5.41) is 11.1. The molecule has 100 valence electrons. The predicted octanol–water partition coefficient (Wildman–Crippen LogP) is 2.10. The van der Waals surface area contributed by atoms with E-state index in [1.165, 1.54) is 6.07 Å². The molecule has 0 aliphatic carbocycles. The van der Waals surface area contributed by atoms with Gasteiger partial charge in [-0.2, -0.15) is 0 Å². The van der Waals surface area contributed by atoms with Gasteiger partial charge in [-0.25, -0.2) is 0 Å². The van der Waals surface area contributed by atoms with Gasteiger partial charge in [0.15, 0.2) is 0 Å². The molecule has 1 aromatic carbocycles. The molecule has 1 aromatic rings. The van der Waals surface area contributed by atoms with Crippen molar-refractivity contribution in [1.29, 1.82) is 0 Å². The number of hydrogen-bond acceptors (Lipinski definition) is 4. The quantitative estimate of drug-likeness (QED) is 0.616. The SMILES string of the molecule is O=C1c2cc(Br)cc([N+](=O)[O-])c2CN1C1CCOC1. The molecule has 0 saturated carbocycles. The van der Waals surface area contributed by atoms with Gasteiger partial charge in [0.2, 0.25) is 0 Å². The van der Waals surface area contributed by atoms with Crippen LogP contribution in [-0.2, 0) is 11.3 Å². The number of fused-ring (bicyclic) bond motifs is 1. The van der Waals surface area contributed by atoms with Crippen LogP contribution in [0.25, 0.3) is 0 Å². The number of rotatable bonds is 2. The first kappa shape index (κ1) is 12.6. The Kier molecular flexibility index (Phi) is 3.02. The number of carbonyl (C=O) groups is 1. The Morgan fingerprint density at radius 2 is 2.26 bits per heavy atom. The number of halogens is 1. The molecule has 6 nitrogen and oxygen atoms in total. The smallest absolute Gasteiger partial charge is 0.276 e. The van der Waals surface area contributed by atoms with Gasteiger partial charge in [-0.1, -0.05) is 15.9 Å². The Bertz CT molecular complexity index is 569. The Morgan fingerprint density at radius 1 is 1.47 bits per heavy atom. The molecule has 1 fully saturated rings. The highest BCUT2D eigenvalue weighted by atomic mass is 79.9. The van der Waals surface area contributed by atoms with Crippen LogP contribution in [0.15, 0.2) is 16.6 Å². The van der Waals surface area contributed by atoms with E-state index in [1.807, 2.05) is 0 Å². The number of hydrogen-bond donors (Lipinski definition) is 0. The highest BCUT2D eigenvalue weighted by Crippen LogP contribution is 2.35. The van der Waals surface area contributed by atoms with Crippen molar-refractivity contribution in [2.24, 2.45) is 0 Å². The zero-order valence-corrected chi connectivity index (χ0v) is 11.6. The zero-order chi connectivity index (χ0) is 13.6. The average Bonchev–Trinajstić information content (AvgIpc) is 2.97. The van der Waals surface area contributed by atoms with Crippen molar-refractivity contribution in [1.82, 2.24) is 4.90 Å². The number of nitrogens with zero attached hydrogens (tertiary/aromatic N) is 2. The van der Waals surface area contributed by atoms with Crippen LogP contribution in [-0.4, -0.2) is 35.0 Å². The number of nitro benzene ring substituents is 1. The van der Waals surface area contributed by atoms with Gasteiger partial charge in [-0.15, -0.1) is 0 Å². The van der Waals surface area contributed by atoms with Crippen molar-refractivity contribution in [3.63, 3.8) is 0 Å². The Hall–Kier alpha value is -1.47. The molecule has 7 heteroatoms. The molecular formula is C12H11BrN2O4. The van der Waals surface area contributed by atoms with Gasteiger partial charge in [-0.05, 0) is 12.5 Å². The molecule has 2 aliphatic heterocycles. The molecule has 2 aliphatic rings. The maximum absolute atomic E-state index is 12.3. The molecule has 2 heterocycles. The van der Waals surface area contributed by atoms with Crippen LogP contribution >= 0.6 is 15.9 Å². The van der Waals surface area contributed by atoms with E-state index in [2.05, 4.69) is 15.9 Å². The lowest BCUT2D eigenvalue weighted by Gasteiger charge is -2.21. The summed E-state index contributed by atoms with van der Waals surface area (Å²) in [6, 6.07) is 3.12. The molecule has 0 N–H and O–H groups in total. The summed E-state index contributed by atoms with van der Waals surface area (Å²) in [6.07, 6.45) is 0.786. The van der Waals surface area contributed by atoms with Gasteiger partial charge in [0, 0.05) is 17.1 Å². The minimum atomic E-state index is -0.439. The van der Waals surface area contributed by atoms with Crippen LogP contribution in [0.1, 0.15) is 22.3 Å². The third-order valence-corrected chi connectivity index (χ3v) is 4.01. The summed E-state index contributed by atoms with van der Waals surface area (Å²) < 4.78 is 5.83. The van der Waals surface area contributed by atoms with Crippen molar-refractivity contribution in [3.8, 4) is 0 Å². The van der Waals surface area contributed by atoms with Gasteiger partial charge in [0.1, 0.15) is 0 Å². The Morgan fingerprint density at radius 3 is 2.89 bits per heavy atom. The van der Waals surface area contributed by atoms with E-state index in [4.69, 9.17) is 4.74 Å². The number of benzene rings is 1. The number of nitro groups is 1. The van der Waals surface area contributed by atoms with Crippen LogP contribution < -0.4 is 0 Å². The van der Waals surface area contributed by atoms with Gasteiger partial charge in [0.05, 0.1) is 35.2 Å². The Labute approximate surface area is 117 Å². The maximum Gasteiger partial charge on any atom is 0.276 e. The van der Waals surface area contributed by atoms with Crippen LogP contribution in [0.3, 0.4) is 0 Å². The minimum Gasteiger partial charge on any atom is -0.379 e. The molecule has 0 bridgehead atoms. The van der Waals surface area contributed by atoms with E-state index >= 15 is 0 Å². The standard InChI is InChI=1S/C12H11BrN2O4/c13-7-3-9-10(11(4-7)15(17)18)5-14(12(9)16)8-1-2-19-6-8/h3-4,8H,1-2,5-6H2. The molecule has 3 rings (SSSR count). The first-order chi connectivity index (χ1) is 9.08. The lowest BCUT2D eigenvalue weighted by Crippen LogP contribution is -2.35. The zero-order valence-electron chi connectivity index (χ0n) is 9.97. The third kappa shape index (κ3) is 2.02. The van der Waals surface area contributed by atoms with Gasteiger partial charge in [-0.3, -0.25) is 14.9 Å². The fourth-order valence-corrected chi connectivity index (χ4v) is 3.05. The maximum atomic E-state index is 12.3. The minimum absolute atomic E-state index is 0.000796. The fourth-order valence-electron chi connectivity index (χ4n) is 2.60. The monoisotopic (exact) mass is 326 g/mol. The van der Waals surface area contributed by atoms with Gasteiger partial charge < -0.3 is 9.64 Å². The molecule has 19 heavy (non-hydrogen) atoms. The molecule has 1 atom stereocenters. The number of carbonyl (C=O) groups excluding carboxylic acids is 1. The Balaban J connectivity index is 2.02. The second-order valence-corrected chi connectivity index (χ2v) is 5.57. The normalized spacial score (nSPS) is 21.8. The predicted molar refractivity (Wildman–Crippen MR) is 69.9 cm³/mol. The van der Waals surface area contributed by atoms with E-state index in [9.17, 15) is 14.9 Å². The highest BCUT2D eigenvalue weighted by Gasteiger charge is 2.38. The first-order valence-electron chi connectivity index (χ1n) is 5.93. The van der Waals surface area contributed by atoms with Gasteiger partial charge >= 0.3 is 0 Å². The van der Waals surface area contributed by atoms with E-state index in [1.54, 1.807) is 11.0 Å². The van der Waals surface area contributed by atoms with Gasteiger partial charge in [0.25, 0.3) is 11.6 Å². The summed E-state index contributed by atoms with van der Waals surface area (Å²) in [5.74, 6) is -0.144. The van der Waals surface area contributed by atoms with Crippen LogP contribution in [0.4, 0.5) is 5.69 Å². The summed E-state index contributed by atoms with van der Waals surface area (Å²) in [5.41, 5.74) is 0.928. The van der Waals surface area contributed by atoms with Crippen LogP contribution in [0, 0.1) is 10.1 Å². The second-order valence-electron chi connectivity index (χ2n) is 4.66. The summed E-state index contributed by atoms with van der Waals surface area (Å²) in [7, 11) is 0. The van der Waals surface area contributed by atoms with E-state index in [0.29, 0.717) is 35.4 Å². The van der Waals surface area contributed by atoms with Crippen molar-refractivity contribution in [2.75, 3.05) is 13.2 Å². The van der Waals surface area contributed by atoms with E-state index in [-0.39, 0.29) is 17.6 Å². The van der Waals surface area contributed by atoms with E-state index < -0.39 is 4.92 Å². The lowest BCUT2D eigenvalue weighted by atomic mass is 10.1. The molecule has 0 radical (unpaired) electrons. The second kappa shape index (κ2) is 4.57. The molecular weight excluding hydrogens is 316 g/mol. The fraction of sp³-hybridized carbons (Fsp3) is 0.417. The molecule has 1 unspecified atom stereocenters. The highest BCUT2D eigenvalue weighted by molar-refractivity contribution is 9.10. The topological polar surface area (TPSA) is 72.7 Å². The molecule has 0 aromatic heterocycles. The summed E-state index contributed by atoms with van der Waals surface area (Å²) >= 11 is 3.22. The van der Waals surface area contributed by atoms with Crippen molar-refractivity contribution in [3.05, 3.63) is 37.8 Å². The summed E-state index contributed by atoms with van der Waals surface area (Å²) in [4.78, 5) is 24.7. The first-order valence-corrected chi connectivity index (χ1v) is 6.72. The lowest BCUT2D eigenvalue weighted by molar-refractivity contribution is -0.385. The largest absolute Gasteiger partial charge is 0.379 e. The third-order valence-electron chi connectivity index (χ3n) is 3.55. The van der Waals surface area contributed by atoms with Crippen LogP contribution in [0.2, 0.25) is 0 Å². The van der Waals surface area contributed by atoms with Crippen molar-refractivity contribution >= 4 is 27.5 Å². The molecule has 0 spiro atoms. The average molecular weight is 327 g/mol. The molecule has 1 saturated heterocycles. The van der Waals surface area contributed by atoms with E-state index in [0.717, 1.165) is 6.42 Å². The summed E-state index contributed by atoms with van der Waals surface area (Å²) in [6.45, 7) is 1.44. The van der Waals surface area contributed by atoms with Crippen molar-refractivity contribution < 1.29 is 14.5 Å². The van der Waals surface area contributed by atoms with Crippen molar-refractivity contribution in [2.45, 2.75) is 19.0 Å². The number of ether oxygens (including phenoxy) is 1.